The number of hydrogen-bond donors (Lipinski definition) is 0. The molecule has 0 spiro atoms. The first-order valence-electron chi connectivity index (χ1n) is 4.18. The molecule has 0 aliphatic carbocycles. The Morgan fingerprint density at radius 2 is 2.31 bits per heavy atom. The van der Waals surface area contributed by atoms with Crippen molar-refractivity contribution in [1.82, 2.24) is 9.55 Å². The smallest absolute Gasteiger partial charge is 0.253 e. The van der Waals surface area contributed by atoms with E-state index in [4.69, 9.17) is 0 Å². The van der Waals surface area contributed by atoms with Crippen LogP contribution in [0.25, 0.3) is 0 Å². The predicted octanol–water partition coefficient (Wildman–Crippen LogP) is 0.531. The van der Waals surface area contributed by atoms with Crippen molar-refractivity contribution in [2.24, 2.45) is 0 Å². The largest absolute Gasteiger partial charge is 0.298 e. The van der Waals surface area contributed by atoms with E-state index in [0.29, 0.717) is 12.1 Å². The van der Waals surface area contributed by atoms with Gasteiger partial charge in [0, 0.05) is 18.2 Å². The summed E-state index contributed by atoms with van der Waals surface area (Å²) in [5, 5.41) is 0. The van der Waals surface area contributed by atoms with Crippen LogP contribution in [0.1, 0.15) is 19.0 Å². The van der Waals surface area contributed by atoms with E-state index in [1.54, 1.807) is 13.8 Å². The fourth-order valence-corrected chi connectivity index (χ4v) is 0.937. The van der Waals surface area contributed by atoms with E-state index in [9.17, 15) is 9.59 Å². The lowest BCUT2D eigenvalue weighted by Gasteiger charge is -2.02. The molecule has 1 rings (SSSR count). The standard InChI is InChI=1S/C9H12N2O2/c1-3-8(12)5-11-6-10-7(2)4-9(11)13/h4,6H,3,5H2,1-2H3. The molecule has 0 atom stereocenters. The first-order valence-corrected chi connectivity index (χ1v) is 4.18. The lowest BCUT2D eigenvalue weighted by molar-refractivity contribution is -0.119. The van der Waals surface area contributed by atoms with Gasteiger partial charge in [-0.3, -0.25) is 14.2 Å². The fraction of sp³-hybridized carbons (Fsp3) is 0.444. The van der Waals surface area contributed by atoms with Crippen molar-refractivity contribution >= 4 is 5.78 Å². The normalized spacial score (nSPS) is 10.0. The van der Waals surface area contributed by atoms with Crippen LogP contribution in [0.3, 0.4) is 0 Å². The summed E-state index contributed by atoms with van der Waals surface area (Å²) in [4.78, 5) is 26.2. The minimum atomic E-state index is -0.172. The van der Waals surface area contributed by atoms with Gasteiger partial charge in [0.15, 0.2) is 5.78 Å². The van der Waals surface area contributed by atoms with E-state index in [1.807, 2.05) is 0 Å². The molecule has 0 unspecified atom stereocenters. The summed E-state index contributed by atoms with van der Waals surface area (Å²) in [6.45, 7) is 3.64. The van der Waals surface area contributed by atoms with Crippen LogP contribution in [-0.4, -0.2) is 15.3 Å². The van der Waals surface area contributed by atoms with Gasteiger partial charge in [-0.05, 0) is 6.92 Å². The van der Waals surface area contributed by atoms with Crippen LogP contribution in [0.5, 0.6) is 0 Å². The Labute approximate surface area is 76.2 Å². The maximum atomic E-state index is 11.3. The Morgan fingerprint density at radius 3 is 2.85 bits per heavy atom. The van der Waals surface area contributed by atoms with E-state index in [2.05, 4.69) is 4.98 Å². The van der Waals surface area contributed by atoms with Gasteiger partial charge in [0.25, 0.3) is 5.56 Å². The number of carbonyl (C=O) groups is 1. The van der Waals surface area contributed by atoms with E-state index in [0.717, 1.165) is 0 Å². The molecule has 0 saturated heterocycles. The van der Waals surface area contributed by atoms with Crippen molar-refractivity contribution in [3.63, 3.8) is 0 Å². The summed E-state index contributed by atoms with van der Waals surface area (Å²) in [5.41, 5.74) is 0.500. The SMILES string of the molecule is CCC(=O)Cn1cnc(C)cc1=O. The molecule has 0 amide bonds. The summed E-state index contributed by atoms with van der Waals surface area (Å²) >= 11 is 0. The average Bonchev–Trinajstić information content (AvgIpc) is 2.09. The highest BCUT2D eigenvalue weighted by Gasteiger charge is 2.01. The number of aryl methyl sites for hydroxylation is 1. The van der Waals surface area contributed by atoms with Gasteiger partial charge in [-0.15, -0.1) is 0 Å². The highest BCUT2D eigenvalue weighted by atomic mass is 16.1. The third-order valence-electron chi connectivity index (χ3n) is 1.76. The molecule has 70 valence electrons. The number of hydrogen-bond acceptors (Lipinski definition) is 3. The Hall–Kier alpha value is -1.45. The average molecular weight is 180 g/mol. The number of carbonyl (C=O) groups excluding carboxylic acids is 1. The van der Waals surface area contributed by atoms with Crippen LogP contribution >= 0.6 is 0 Å². The Balaban J connectivity index is 2.90. The van der Waals surface area contributed by atoms with Gasteiger partial charge < -0.3 is 0 Å². The van der Waals surface area contributed by atoms with Crippen LogP contribution < -0.4 is 5.56 Å². The fourth-order valence-electron chi connectivity index (χ4n) is 0.937. The summed E-state index contributed by atoms with van der Waals surface area (Å²) < 4.78 is 1.32. The maximum Gasteiger partial charge on any atom is 0.253 e. The van der Waals surface area contributed by atoms with Crippen molar-refractivity contribution in [3.8, 4) is 0 Å². The minimum Gasteiger partial charge on any atom is -0.298 e. The molecular formula is C9H12N2O2. The molecule has 0 N–H and O–H groups in total. The van der Waals surface area contributed by atoms with Gasteiger partial charge in [-0.25, -0.2) is 4.98 Å². The molecule has 1 heterocycles. The highest BCUT2D eigenvalue weighted by molar-refractivity contribution is 5.77. The number of nitrogens with zero attached hydrogens (tertiary/aromatic N) is 2. The molecule has 0 fully saturated rings. The molecule has 1 aromatic heterocycles. The van der Waals surface area contributed by atoms with Crippen LogP contribution in [0.4, 0.5) is 0 Å². The second-order valence-electron chi connectivity index (χ2n) is 2.89. The lowest BCUT2D eigenvalue weighted by atomic mass is 10.3. The first kappa shape index (κ1) is 9.64. The number of rotatable bonds is 3. The van der Waals surface area contributed by atoms with Gasteiger partial charge in [0.2, 0.25) is 0 Å². The molecule has 0 bridgehead atoms. The van der Waals surface area contributed by atoms with Crippen LogP contribution in [0.2, 0.25) is 0 Å². The van der Waals surface area contributed by atoms with Crippen molar-refractivity contribution in [1.29, 1.82) is 0 Å². The Morgan fingerprint density at radius 1 is 1.62 bits per heavy atom. The summed E-state index contributed by atoms with van der Waals surface area (Å²) in [7, 11) is 0. The quantitative estimate of drug-likeness (QED) is 0.681. The van der Waals surface area contributed by atoms with Gasteiger partial charge in [-0.1, -0.05) is 6.92 Å². The first-order chi connectivity index (χ1) is 6.13. The zero-order chi connectivity index (χ0) is 9.84. The van der Waals surface area contributed by atoms with Crippen molar-refractivity contribution in [2.45, 2.75) is 26.8 Å². The van der Waals surface area contributed by atoms with Gasteiger partial charge in [-0.2, -0.15) is 0 Å². The number of ketones is 1. The summed E-state index contributed by atoms with van der Waals surface area (Å²) in [6, 6.07) is 1.42. The summed E-state index contributed by atoms with van der Waals surface area (Å²) in [6.07, 6.45) is 1.85. The van der Waals surface area contributed by atoms with Crippen molar-refractivity contribution < 1.29 is 4.79 Å². The van der Waals surface area contributed by atoms with E-state index < -0.39 is 0 Å². The molecule has 0 aromatic carbocycles. The molecule has 13 heavy (non-hydrogen) atoms. The molecule has 0 saturated carbocycles. The van der Waals surface area contributed by atoms with Gasteiger partial charge in [0.1, 0.15) is 0 Å². The van der Waals surface area contributed by atoms with E-state index in [1.165, 1.54) is 17.0 Å². The molecule has 0 aliphatic heterocycles. The Kier molecular flexibility index (Phi) is 2.95. The van der Waals surface area contributed by atoms with E-state index in [-0.39, 0.29) is 17.9 Å². The zero-order valence-corrected chi connectivity index (χ0v) is 7.78. The third-order valence-corrected chi connectivity index (χ3v) is 1.76. The maximum absolute atomic E-state index is 11.3. The molecule has 4 nitrogen and oxygen atoms in total. The van der Waals surface area contributed by atoms with Crippen LogP contribution in [0.15, 0.2) is 17.2 Å². The molecule has 0 radical (unpaired) electrons. The van der Waals surface area contributed by atoms with Gasteiger partial charge in [0.05, 0.1) is 12.9 Å². The predicted molar refractivity (Wildman–Crippen MR) is 48.5 cm³/mol. The minimum absolute atomic E-state index is 0.0350. The second-order valence-corrected chi connectivity index (χ2v) is 2.89. The highest BCUT2D eigenvalue weighted by Crippen LogP contribution is 1.88. The lowest BCUT2D eigenvalue weighted by Crippen LogP contribution is -2.23. The molecule has 0 aliphatic rings. The van der Waals surface area contributed by atoms with Crippen molar-refractivity contribution in [2.75, 3.05) is 0 Å². The van der Waals surface area contributed by atoms with Crippen molar-refractivity contribution in [3.05, 3.63) is 28.4 Å². The monoisotopic (exact) mass is 180 g/mol. The molecule has 1 aromatic rings. The van der Waals surface area contributed by atoms with Crippen LogP contribution in [0, 0.1) is 6.92 Å². The summed E-state index contributed by atoms with van der Waals surface area (Å²) in [5.74, 6) is 0.0350. The Bertz CT molecular complexity index is 368. The van der Waals surface area contributed by atoms with E-state index >= 15 is 0 Å². The molecule has 4 heteroatoms. The third kappa shape index (κ3) is 2.50. The van der Waals surface area contributed by atoms with Gasteiger partial charge >= 0.3 is 0 Å². The zero-order valence-electron chi connectivity index (χ0n) is 7.78. The second kappa shape index (κ2) is 3.98. The molecular weight excluding hydrogens is 168 g/mol. The number of Topliss-reactive ketones (excluding diaryl/α,β-unsaturated/α-hetero) is 1. The topological polar surface area (TPSA) is 52.0 Å². The van der Waals surface area contributed by atoms with Crippen LogP contribution in [-0.2, 0) is 11.3 Å². The number of aromatic nitrogens is 2.